The Labute approximate surface area is 125 Å². The van der Waals surface area contributed by atoms with E-state index in [0.717, 1.165) is 11.3 Å². The number of hydrogen-bond donors (Lipinski definition) is 2. The molecule has 0 saturated carbocycles. The number of primary sulfonamides is 1. The fourth-order valence-corrected chi connectivity index (χ4v) is 3.00. The molecule has 1 heterocycles. The van der Waals surface area contributed by atoms with Gasteiger partial charge in [0.05, 0.1) is 17.7 Å². The number of methoxy groups -OCH3 is 1. The third-order valence-corrected chi connectivity index (χ3v) is 4.58. The second kappa shape index (κ2) is 5.80. The van der Waals surface area contributed by atoms with Crippen molar-refractivity contribution in [2.45, 2.75) is 11.8 Å². The summed E-state index contributed by atoms with van der Waals surface area (Å²) in [6, 6.07) is 5.90. The number of nitrogens with two attached hydrogens (primary N) is 1. The molecule has 21 heavy (non-hydrogen) atoms. The number of rotatable bonds is 4. The molecule has 0 saturated heterocycles. The number of carbonyl (C=O) groups excluding carboxylic acids is 1. The Morgan fingerprint density at radius 3 is 2.48 bits per heavy atom. The van der Waals surface area contributed by atoms with Crippen LogP contribution in [0, 0.1) is 6.92 Å². The number of esters is 1. The third kappa shape index (κ3) is 3.57. The molecule has 2 rings (SSSR count). The fraction of sp³-hybridized carbons (Fsp3) is 0.167. The molecular weight excluding hydrogens is 314 g/mol. The maximum Gasteiger partial charge on any atom is 0.350 e. The van der Waals surface area contributed by atoms with Gasteiger partial charge in [-0.2, -0.15) is 0 Å². The van der Waals surface area contributed by atoms with Crippen LogP contribution in [0.15, 0.2) is 29.2 Å². The van der Waals surface area contributed by atoms with Crippen molar-refractivity contribution >= 4 is 38.1 Å². The molecule has 0 spiro atoms. The zero-order valence-corrected chi connectivity index (χ0v) is 12.9. The lowest BCUT2D eigenvalue weighted by Gasteiger charge is -2.03. The van der Waals surface area contributed by atoms with Crippen LogP contribution in [0.4, 0.5) is 10.8 Å². The van der Waals surface area contributed by atoms with E-state index in [1.165, 1.54) is 19.2 Å². The number of nitrogens with zero attached hydrogens (tertiary/aromatic N) is 1. The summed E-state index contributed by atoms with van der Waals surface area (Å²) in [6.07, 6.45) is 0. The monoisotopic (exact) mass is 327 g/mol. The van der Waals surface area contributed by atoms with Crippen LogP contribution in [0.5, 0.6) is 0 Å². The first-order valence-electron chi connectivity index (χ1n) is 5.77. The number of thiazole rings is 1. The number of aromatic nitrogens is 1. The van der Waals surface area contributed by atoms with Crippen LogP contribution in [0.2, 0.25) is 0 Å². The van der Waals surface area contributed by atoms with Crippen LogP contribution in [0.25, 0.3) is 0 Å². The zero-order valence-electron chi connectivity index (χ0n) is 11.3. The van der Waals surface area contributed by atoms with Gasteiger partial charge in [-0.3, -0.25) is 0 Å². The number of anilines is 2. The molecule has 1 aromatic heterocycles. The van der Waals surface area contributed by atoms with Crippen molar-refractivity contribution in [3.63, 3.8) is 0 Å². The Bertz CT molecular complexity index is 766. The van der Waals surface area contributed by atoms with E-state index in [9.17, 15) is 13.2 Å². The first-order valence-corrected chi connectivity index (χ1v) is 8.13. The van der Waals surface area contributed by atoms with Crippen LogP contribution in [-0.2, 0) is 14.8 Å². The quantitative estimate of drug-likeness (QED) is 0.826. The topological polar surface area (TPSA) is 111 Å². The van der Waals surface area contributed by atoms with E-state index in [2.05, 4.69) is 15.0 Å². The average molecular weight is 327 g/mol. The molecule has 2 aromatic rings. The van der Waals surface area contributed by atoms with Gasteiger partial charge in [-0.25, -0.2) is 23.3 Å². The number of nitrogens with one attached hydrogen (secondary N) is 1. The molecule has 0 unspecified atom stereocenters. The highest BCUT2D eigenvalue weighted by Gasteiger charge is 2.15. The SMILES string of the molecule is COC(=O)c1sc(Nc2ccc(S(N)(=O)=O)cc2)nc1C. The standard InChI is InChI=1S/C12H13N3O4S2/c1-7-10(11(16)19-2)20-12(14-7)15-8-3-5-9(6-4-8)21(13,17)18/h3-6H,1-2H3,(H,14,15)(H2,13,17,18). The van der Waals surface area contributed by atoms with E-state index in [4.69, 9.17) is 5.14 Å². The Hall–Kier alpha value is -1.97. The summed E-state index contributed by atoms with van der Waals surface area (Å²) in [5.74, 6) is -0.442. The van der Waals surface area contributed by atoms with Crippen LogP contribution in [0.1, 0.15) is 15.4 Å². The molecule has 0 fully saturated rings. The van der Waals surface area contributed by atoms with Crippen molar-refractivity contribution < 1.29 is 17.9 Å². The lowest BCUT2D eigenvalue weighted by atomic mass is 10.3. The van der Waals surface area contributed by atoms with E-state index in [1.54, 1.807) is 19.1 Å². The van der Waals surface area contributed by atoms with Gasteiger partial charge in [0.25, 0.3) is 0 Å². The van der Waals surface area contributed by atoms with Crippen LogP contribution < -0.4 is 10.5 Å². The fourth-order valence-electron chi connectivity index (χ4n) is 1.58. The van der Waals surface area contributed by atoms with Gasteiger partial charge in [0.15, 0.2) is 5.13 Å². The summed E-state index contributed by atoms with van der Waals surface area (Å²) >= 11 is 1.16. The highest BCUT2D eigenvalue weighted by molar-refractivity contribution is 7.89. The summed E-state index contributed by atoms with van der Waals surface area (Å²) in [7, 11) is -2.41. The van der Waals surface area contributed by atoms with Gasteiger partial charge < -0.3 is 10.1 Å². The lowest BCUT2D eigenvalue weighted by Crippen LogP contribution is -2.11. The summed E-state index contributed by atoms with van der Waals surface area (Å²) in [5, 5.41) is 8.52. The van der Waals surface area contributed by atoms with Crippen molar-refractivity contribution in [1.82, 2.24) is 4.98 Å². The van der Waals surface area contributed by atoms with Gasteiger partial charge in [0, 0.05) is 5.69 Å². The molecule has 112 valence electrons. The number of benzene rings is 1. The largest absolute Gasteiger partial charge is 0.465 e. The molecule has 3 N–H and O–H groups in total. The first kappa shape index (κ1) is 15.4. The number of aryl methyl sites for hydroxylation is 1. The van der Waals surface area contributed by atoms with E-state index < -0.39 is 16.0 Å². The molecule has 0 atom stereocenters. The maximum absolute atomic E-state index is 11.5. The first-order chi connectivity index (χ1) is 9.81. The summed E-state index contributed by atoms with van der Waals surface area (Å²) in [6.45, 7) is 1.71. The van der Waals surface area contributed by atoms with Crippen molar-refractivity contribution in [3.8, 4) is 0 Å². The minimum atomic E-state index is -3.71. The highest BCUT2D eigenvalue weighted by Crippen LogP contribution is 2.26. The normalized spacial score (nSPS) is 11.2. The smallest absolute Gasteiger partial charge is 0.350 e. The molecule has 9 heteroatoms. The van der Waals surface area contributed by atoms with Gasteiger partial charge in [0.1, 0.15) is 4.88 Å². The number of sulfonamides is 1. The summed E-state index contributed by atoms with van der Waals surface area (Å²) in [5.41, 5.74) is 1.20. The van der Waals surface area contributed by atoms with Crippen molar-refractivity contribution in [2.24, 2.45) is 5.14 Å². The van der Waals surface area contributed by atoms with Gasteiger partial charge >= 0.3 is 5.97 Å². The summed E-state index contributed by atoms with van der Waals surface area (Å²) in [4.78, 5) is 16.1. The van der Waals surface area contributed by atoms with Crippen molar-refractivity contribution in [3.05, 3.63) is 34.8 Å². The van der Waals surface area contributed by atoms with E-state index >= 15 is 0 Å². The minimum Gasteiger partial charge on any atom is -0.465 e. The van der Waals surface area contributed by atoms with Gasteiger partial charge in [-0.05, 0) is 31.2 Å². The average Bonchev–Trinajstić information content (AvgIpc) is 2.78. The zero-order chi connectivity index (χ0) is 15.6. The minimum absolute atomic E-state index is 0.0265. The van der Waals surface area contributed by atoms with Crippen LogP contribution in [0.3, 0.4) is 0 Å². The molecule has 1 aromatic carbocycles. The number of carbonyl (C=O) groups is 1. The third-order valence-electron chi connectivity index (χ3n) is 2.60. The molecule has 0 amide bonds. The Kier molecular flexibility index (Phi) is 4.26. The Morgan fingerprint density at radius 2 is 1.95 bits per heavy atom. The number of ether oxygens (including phenoxy) is 1. The van der Waals surface area contributed by atoms with Crippen LogP contribution >= 0.6 is 11.3 Å². The maximum atomic E-state index is 11.5. The molecule has 0 aliphatic rings. The van der Waals surface area contributed by atoms with Crippen molar-refractivity contribution in [1.29, 1.82) is 0 Å². The van der Waals surface area contributed by atoms with E-state index in [1.807, 2.05) is 0 Å². The van der Waals surface area contributed by atoms with E-state index in [-0.39, 0.29) is 4.90 Å². The predicted molar refractivity (Wildman–Crippen MR) is 79.3 cm³/mol. The van der Waals surface area contributed by atoms with Crippen LogP contribution in [-0.4, -0.2) is 26.5 Å². The molecule has 7 nitrogen and oxygen atoms in total. The van der Waals surface area contributed by atoms with Gasteiger partial charge in [-0.15, -0.1) is 0 Å². The molecule has 0 aliphatic carbocycles. The molecule has 0 bridgehead atoms. The summed E-state index contributed by atoms with van der Waals surface area (Å²) < 4.78 is 27.0. The number of hydrogen-bond acceptors (Lipinski definition) is 7. The van der Waals surface area contributed by atoms with Crippen molar-refractivity contribution in [2.75, 3.05) is 12.4 Å². The lowest BCUT2D eigenvalue weighted by molar-refractivity contribution is 0.0605. The molecular formula is C12H13N3O4S2. The predicted octanol–water partition coefficient (Wildman–Crippen LogP) is 1.63. The second-order valence-electron chi connectivity index (χ2n) is 4.12. The molecule has 0 aliphatic heterocycles. The Balaban J connectivity index is 2.21. The van der Waals surface area contributed by atoms with Gasteiger partial charge in [-0.1, -0.05) is 11.3 Å². The second-order valence-corrected chi connectivity index (χ2v) is 6.68. The Morgan fingerprint density at radius 1 is 1.33 bits per heavy atom. The van der Waals surface area contributed by atoms with Gasteiger partial charge in [0.2, 0.25) is 10.0 Å². The molecule has 0 radical (unpaired) electrons. The van der Waals surface area contributed by atoms with E-state index in [0.29, 0.717) is 21.4 Å². The highest BCUT2D eigenvalue weighted by atomic mass is 32.2.